The summed E-state index contributed by atoms with van der Waals surface area (Å²) in [5.74, 6) is 0.521. The first kappa shape index (κ1) is 18.7. The van der Waals surface area contributed by atoms with Crippen LogP contribution in [0.15, 0.2) is 48.5 Å². The summed E-state index contributed by atoms with van der Waals surface area (Å²) in [6.07, 6.45) is 5.78. The second-order valence-corrected chi connectivity index (χ2v) is 7.42. The van der Waals surface area contributed by atoms with Gasteiger partial charge in [-0.1, -0.05) is 18.2 Å². The van der Waals surface area contributed by atoms with Crippen molar-refractivity contribution in [2.45, 2.75) is 24.7 Å². The van der Waals surface area contributed by atoms with Gasteiger partial charge in [-0.3, -0.25) is 4.79 Å². The molecular formula is C23H24FNO3. The van der Waals surface area contributed by atoms with Crippen molar-refractivity contribution in [3.63, 3.8) is 0 Å². The lowest BCUT2D eigenvalue weighted by Gasteiger charge is -2.37. The monoisotopic (exact) mass is 381 g/mol. The van der Waals surface area contributed by atoms with E-state index in [-0.39, 0.29) is 17.1 Å². The van der Waals surface area contributed by atoms with Crippen LogP contribution in [0.1, 0.15) is 29.5 Å². The zero-order chi connectivity index (χ0) is 19.4. The normalized spacial score (nSPS) is 17.9. The van der Waals surface area contributed by atoms with Crippen molar-refractivity contribution in [3.8, 4) is 5.75 Å². The molecule has 1 fully saturated rings. The van der Waals surface area contributed by atoms with Gasteiger partial charge in [-0.15, -0.1) is 0 Å². The summed E-state index contributed by atoms with van der Waals surface area (Å²) >= 11 is 0. The van der Waals surface area contributed by atoms with Crippen molar-refractivity contribution < 1.29 is 18.7 Å². The standard InChI is InChI=1S/C23H24FNO3/c24-20-3-1-2-19(15-20)23(9-12-27-13-10-23)16-25-22(26)7-5-17-4-6-21-18(14-17)8-11-28-21/h1-7,14-15H,8-13,16H2,(H,25,26)/b7-5+. The predicted octanol–water partition coefficient (Wildman–Crippen LogP) is 3.64. The first-order valence-corrected chi connectivity index (χ1v) is 9.70. The number of rotatable bonds is 5. The molecule has 0 radical (unpaired) electrons. The van der Waals surface area contributed by atoms with Crippen molar-refractivity contribution in [3.05, 3.63) is 71.0 Å². The van der Waals surface area contributed by atoms with Crippen LogP contribution in [0.2, 0.25) is 0 Å². The maximum absolute atomic E-state index is 13.8. The molecule has 1 saturated heterocycles. The van der Waals surface area contributed by atoms with Gasteiger partial charge in [0.05, 0.1) is 6.61 Å². The minimum atomic E-state index is -0.297. The fraction of sp³-hybridized carbons (Fsp3) is 0.348. The molecule has 0 atom stereocenters. The Morgan fingerprint density at radius 3 is 2.82 bits per heavy atom. The molecule has 0 unspecified atom stereocenters. The van der Waals surface area contributed by atoms with E-state index in [1.165, 1.54) is 11.6 Å². The van der Waals surface area contributed by atoms with E-state index in [4.69, 9.17) is 9.47 Å². The summed E-state index contributed by atoms with van der Waals surface area (Å²) < 4.78 is 24.8. The summed E-state index contributed by atoms with van der Waals surface area (Å²) in [5, 5.41) is 3.01. The van der Waals surface area contributed by atoms with E-state index in [9.17, 15) is 9.18 Å². The molecule has 5 heteroatoms. The van der Waals surface area contributed by atoms with Crippen LogP contribution in [0.25, 0.3) is 6.08 Å². The molecule has 2 aliphatic rings. The predicted molar refractivity (Wildman–Crippen MR) is 106 cm³/mol. The van der Waals surface area contributed by atoms with E-state index >= 15 is 0 Å². The van der Waals surface area contributed by atoms with Crippen LogP contribution in [-0.4, -0.2) is 32.3 Å². The minimum absolute atomic E-state index is 0.154. The Hall–Kier alpha value is -2.66. The maximum Gasteiger partial charge on any atom is 0.244 e. The van der Waals surface area contributed by atoms with E-state index in [1.54, 1.807) is 18.2 Å². The Bertz CT molecular complexity index is 887. The fourth-order valence-corrected chi connectivity index (χ4v) is 3.95. The summed E-state index contributed by atoms with van der Waals surface area (Å²) in [5.41, 5.74) is 2.77. The van der Waals surface area contributed by atoms with E-state index in [1.807, 2.05) is 24.3 Å². The van der Waals surface area contributed by atoms with Crippen LogP contribution in [0.5, 0.6) is 5.75 Å². The van der Waals surface area contributed by atoms with Gasteiger partial charge in [0.15, 0.2) is 0 Å². The van der Waals surface area contributed by atoms with Crippen LogP contribution < -0.4 is 10.1 Å². The van der Waals surface area contributed by atoms with Crippen LogP contribution in [0.3, 0.4) is 0 Å². The molecular weight excluding hydrogens is 357 g/mol. The average molecular weight is 381 g/mol. The zero-order valence-electron chi connectivity index (χ0n) is 15.7. The Labute approximate surface area is 164 Å². The fourth-order valence-electron chi connectivity index (χ4n) is 3.95. The molecule has 4 rings (SSSR count). The van der Waals surface area contributed by atoms with Crippen LogP contribution >= 0.6 is 0 Å². The smallest absolute Gasteiger partial charge is 0.244 e. The molecule has 146 valence electrons. The number of ether oxygens (including phenoxy) is 2. The number of carbonyl (C=O) groups excluding carboxylic acids is 1. The first-order valence-electron chi connectivity index (χ1n) is 9.70. The molecule has 2 aliphatic heterocycles. The van der Waals surface area contributed by atoms with Gasteiger partial charge < -0.3 is 14.8 Å². The molecule has 1 amide bonds. The highest BCUT2D eigenvalue weighted by Crippen LogP contribution is 2.34. The molecule has 0 spiro atoms. The summed E-state index contributed by atoms with van der Waals surface area (Å²) in [6, 6.07) is 12.6. The van der Waals surface area contributed by atoms with Gasteiger partial charge in [-0.25, -0.2) is 4.39 Å². The Morgan fingerprint density at radius 1 is 1.14 bits per heavy atom. The van der Waals surface area contributed by atoms with E-state index in [0.29, 0.717) is 19.8 Å². The SMILES string of the molecule is O=C(/C=C/c1ccc2c(c1)CCO2)NCC1(c2cccc(F)c2)CCOCC1. The molecule has 0 aromatic heterocycles. The molecule has 0 saturated carbocycles. The van der Waals surface area contributed by atoms with Gasteiger partial charge in [0, 0.05) is 37.7 Å². The average Bonchev–Trinajstić information content (AvgIpc) is 3.19. The van der Waals surface area contributed by atoms with Gasteiger partial charge in [0.1, 0.15) is 11.6 Å². The summed E-state index contributed by atoms with van der Waals surface area (Å²) in [4.78, 5) is 12.4. The van der Waals surface area contributed by atoms with Gasteiger partial charge in [-0.2, -0.15) is 0 Å². The highest BCUT2D eigenvalue weighted by molar-refractivity contribution is 5.91. The van der Waals surface area contributed by atoms with Crippen molar-refractivity contribution in [1.29, 1.82) is 0 Å². The number of hydrogen-bond acceptors (Lipinski definition) is 3. The third-order valence-corrected chi connectivity index (χ3v) is 5.63. The molecule has 4 nitrogen and oxygen atoms in total. The number of nitrogens with one attached hydrogen (secondary N) is 1. The van der Waals surface area contributed by atoms with Crippen molar-refractivity contribution >= 4 is 12.0 Å². The Kier molecular flexibility index (Phi) is 5.44. The van der Waals surface area contributed by atoms with Crippen LogP contribution in [0, 0.1) is 5.82 Å². The first-order chi connectivity index (χ1) is 13.6. The highest BCUT2D eigenvalue weighted by atomic mass is 19.1. The van der Waals surface area contributed by atoms with Crippen molar-refractivity contribution in [2.24, 2.45) is 0 Å². The van der Waals surface area contributed by atoms with Crippen LogP contribution in [-0.2, 0) is 21.4 Å². The van der Waals surface area contributed by atoms with Gasteiger partial charge in [-0.05, 0) is 59.9 Å². The lowest BCUT2D eigenvalue weighted by Crippen LogP contribution is -2.44. The van der Waals surface area contributed by atoms with E-state index in [0.717, 1.165) is 42.7 Å². The van der Waals surface area contributed by atoms with E-state index in [2.05, 4.69) is 11.4 Å². The summed E-state index contributed by atoms with van der Waals surface area (Å²) in [7, 11) is 0. The number of amides is 1. The third kappa shape index (κ3) is 4.09. The van der Waals surface area contributed by atoms with Crippen molar-refractivity contribution in [2.75, 3.05) is 26.4 Å². The molecule has 28 heavy (non-hydrogen) atoms. The highest BCUT2D eigenvalue weighted by Gasteiger charge is 2.35. The third-order valence-electron chi connectivity index (χ3n) is 5.63. The quantitative estimate of drug-likeness (QED) is 0.805. The molecule has 1 N–H and O–H groups in total. The summed E-state index contributed by atoms with van der Waals surface area (Å²) in [6.45, 7) is 2.40. The second kappa shape index (κ2) is 8.15. The molecule has 0 bridgehead atoms. The number of benzene rings is 2. The van der Waals surface area contributed by atoms with Crippen molar-refractivity contribution in [1.82, 2.24) is 5.32 Å². The van der Waals surface area contributed by atoms with E-state index < -0.39 is 0 Å². The number of fused-ring (bicyclic) bond motifs is 1. The Morgan fingerprint density at radius 2 is 2.00 bits per heavy atom. The second-order valence-electron chi connectivity index (χ2n) is 7.42. The molecule has 0 aliphatic carbocycles. The number of hydrogen-bond donors (Lipinski definition) is 1. The number of carbonyl (C=O) groups is 1. The maximum atomic E-state index is 13.8. The minimum Gasteiger partial charge on any atom is -0.493 e. The van der Waals surface area contributed by atoms with Gasteiger partial charge in [0.2, 0.25) is 5.91 Å². The lowest BCUT2D eigenvalue weighted by atomic mass is 9.74. The zero-order valence-corrected chi connectivity index (χ0v) is 15.7. The lowest BCUT2D eigenvalue weighted by molar-refractivity contribution is -0.116. The van der Waals surface area contributed by atoms with Gasteiger partial charge in [0.25, 0.3) is 0 Å². The van der Waals surface area contributed by atoms with Crippen LogP contribution in [0.4, 0.5) is 4.39 Å². The molecule has 2 heterocycles. The Balaban J connectivity index is 1.43. The number of halogens is 1. The molecule has 2 aromatic carbocycles. The largest absolute Gasteiger partial charge is 0.493 e. The molecule has 2 aromatic rings. The van der Waals surface area contributed by atoms with Gasteiger partial charge >= 0.3 is 0 Å². The topological polar surface area (TPSA) is 47.6 Å².